The number of carbonyl (C=O) groups is 1. The molecule has 1 amide bonds. The van der Waals surface area contributed by atoms with Gasteiger partial charge >= 0.3 is 5.91 Å². The summed E-state index contributed by atoms with van der Waals surface area (Å²) in [6, 6.07) is 0. The summed E-state index contributed by atoms with van der Waals surface area (Å²) in [7, 11) is 0. The molecule has 0 aromatic carbocycles. The molecule has 0 aliphatic carbocycles. The maximum Gasteiger partial charge on any atom is 0.310 e. The largest absolute Gasteiger partial charge is 0.330 e. The molecule has 0 spiro atoms. The van der Waals surface area contributed by atoms with Gasteiger partial charge in [0.1, 0.15) is 0 Å². The number of nitrogens with two attached hydrogens (primary N) is 3. The van der Waals surface area contributed by atoms with Gasteiger partial charge in [-0.1, -0.05) is 0 Å². The molecule has 0 aliphatic rings. The van der Waals surface area contributed by atoms with Crippen LogP contribution in [0.25, 0.3) is 0 Å². The summed E-state index contributed by atoms with van der Waals surface area (Å²) in [6.45, 7) is 5.96. The van der Waals surface area contributed by atoms with E-state index in [-0.39, 0.29) is 5.91 Å². The van der Waals surface area contributed by atoms with E-state index in [2.05, 4.69) is 0 Å². The lowest BCUT2D eigenvalue weighted by atomic mass is 10.2. The Hall–Kier alpha value is -0.490. The third-order valence-corrected chi connectivity index (χ3v) is 3.04. The van der Waals surface area contributed by atoms with Crippen LogP contribution in [0.3, 0.4) is 0 Å². The van der Waals surface area contributed by atoms with Crippen molar-refractivity contribution in [2.45, 2.75) is 26.2 Å². The zero-order valence-electron chi connectivity index (χ0n) is 10.5. The van der Waals surface area contributed by atoms with Crippen LogP contribution >= 0.6 is 0 Å². The Balaban J connectivity index is 4.52. The molecule has 5 heteroatoms. The van der Waals surface area contributed by atoms with E-state index >= 15 is 0 Å². The molecule has 96 valence electrons. The molecule has 0 bridgehead atoms. The van der Waals surface area contributed by atoms with Crippen LogP contribution in [0.2, 0.25) is 0 Å². The summed E-state index contributed by atoms with van der Waals surface area (Å²) in [5.74, 6) is 0.204. The standard InChI is InChI=1S/C11H27N4O/c1-11(16)15(8-2-5-12,9-3-6-13)10-4-7-14/h2-10,12-14H2,1H3/q+1. The number of hydrogen-bond acceptors (Lipinski definition) is 4. The first-order valence-corrected chi connectivity index (χ1v) is 6.10. The van der Waals surface area contributed by atoms with Crippen LogP contribution < -0.4 is 17.2 Å². The Kier molecular flexibility index (Phi) is 8.37. The van der Waals surface area contributed by atoms with Gasteiger partial charge in [-0.3, -0.25) is 4.48 Å². The van der Waals surface area contributed by atoms with E-state index in [1.54, 1.807) is 6.92 Å². The van der Waals surface area contributed by atoms with E-state index in [0.717, 1.165) is 38.9 Å². The summed E-state index contributed by atoms with van der Waals surface area (Å²) in [4.78, 5) is 11.8. The minimum Gasteiger partial charge on any atom is -0.330 e. The molecule has 0 heterocycles. The van der Waals surface area contributed by atoms with Gasteiger partial charge in [0, 0.05) is 19.3 Å². The van der Waals surface area contributed by atoms with Crippen molar-refractivity contribution in [1.29, 1.82) is 0 Å². The molecule has 5 nitrogen and oxygen atoms in total. The van der Waals surface area contributed by atoms with Gasteiger partial charge in [-0.05, 0) is 19.6 Å². The Bertz CT molecular complexity index is 175. The molecule has 0 saturated heterocycles. The molecule has 0 fully saturated rings. The summed E-state index contributed by atoms with van der Waals surface area (Å²) >= 11 is 0. The van der Waals surface area contributed by atoms with Gasteiger partial charge in [-0.15, -0.1) is 0 Å². The molecular formula is C11H27N4O+. The lowest BCUT2D eigenvalue weighted by Crippen LogP contribution is -2.54. The maximum absolute atomic E-state index is 11.8. The van der Waals surface area contributed by atoms with Crippen molar-refractivity contribution in [3.8, 4) is 0 Å². The average Bonchev–Trinajstić information content (AvgIpc) is 2.28. The van der Waals surface area contributed by atoms with Crippen molar-refractivity contribution in [3.63, 3.8) is 0 Å². The Labute approximate surface area is 98.5 Å². The zero-order chi connectivity index (χ0) is 12.4. The number of nitrogens with zero attached hydrogens (tertiary/aromatic N) is 1. The highest BCUT2D eigenvalue weighted by molar-refractivity contribution is 5.65. The third kappa shape index (κ3) is 5.03. The lowest BCUT2D eigenvalue weighted by Gasteiger charge is -2.35. The maximum atomic E-state index is 11.8. The van der Waals surface area contributed by atoms with Crippen LogP contribution in [0, 0.1) is 0 Å². The van der Waals surface area contributed by atoms with E-state index in [9.17, 15) is 4.79 Å². The molecule has 0 radical (unpaired) electrons. The SMILES string of the molecule is CC(=O)[N+](CCCN)(CCCN)CCCN. The van der Waals surface area contributed by atoms with Crippen LogP contribution in [0.4, 0.5) is 0 Å². The van der Waals surface area contributed by atoms with Crippen molar-refractivity contribution in [2.24, 2.45) is 17.2 Å². The first kappa shape index (κ1) is 15.5. The fourth-order valence-corrected chi connectivity index (χ4v) is 1.99. The summed E-state index contributed by atoms with van der Waals surface area (Å²) in [6.07, 6.45) is 2.61. The second-order valence-electron chi connectivity index (χ2n) is 4.26. The van der Waals surface area contributed by atoms with Gasteiger partial charge < -0.3 is 17.2 Å². The monoisotopic (exact) mass is 231 g/mol. The normalized spacial score (nSPS) is 11.8. The Morgan fingerprint density at radius 1 is 0.875 bits per heavy atom. The van der Waals surface area contributed by atoms with E-state index < -0.39 is 0 Å². The number of rotatable bonds is 9. The zero-order valence-corrected chi connectivity index (χ0v) is 10.5. The number of hydrogen-bond donors (Lipinski definition) is 3. The van der Waals surface area contributed by atoms with Gasteiger partial charge in [-0.25, -0.2) is 4.79 Å². The second kappa shape index (κ2) is 8.64. The first-order valence-electron chi connectivity index (χ1n) is 6.10. The van der Waals surface area contributed by atoms with Crippen molar-refractivity contribution in [2.75, 3.05) is 39.3 Å². The minimum atomic E-state index is 0.204. The van der Waals surface area contributed by atoms with Crippen LogP contribution in [0.5, 0.6) is 0 Å². The molecular weight excluding hydrogens is 204 g/mol. The van der Waals surface area contributed by atoms with Gasteiger partial charge in [0.25, 0.3) is 0 Å². The molecule has 0 aromatic heterocycles. The van der Waals surface area contributed by atoms with E-state index in [1.165, 1.54) is 0 Å². The predicted octanol–water partition coefficient (Wildman–Crippen LogP) is -0.604. The molecule has 0 aliphatic heterocycles. The van der Waals surface area contributed by atoms with Crippen LogP contribution in [0.15, 0.2) is 0 Å². The topological polar surface area (TPSA) is 95.1 Å². The second-order valence-corrected chi connectivity index (χ2v) is 4.26. The highest BCUT2D eigenvalue weighted by atomic mass is 16.2. The molecule has 0 aromatic rings. The predicted molar refractivity (Wildman–Crippen MR) is 66.6 cm³/mol. The van der Waals surface area contributed by atoms with Gasteiger partial charge in [0.05, 0.1) is 26.6 Å². The molecule has 0 unspecified atom stereocenters. The van der Waals surface area contributed by atoms with Crippen molar-refractivity contribution >= 4 is 5.91 Å². The molecule has 6 N–H and O–H groups in total. The van der Waals surface area contributed by atoms with E-state index in [0.29, 0.717) is 24.1 Å². The quantitative estimate of drug-likeness (QED) is 0.462. The molecule has 0 atom stereocenters. The number of quaternary nitrogens is 1. The third-order valence-electron chi connectivity index (χ3n) is 3.04. The van der Waals surface area contributed by atoms with E-state index in [4.69, 9.17) is 17.2 Å². The average molecular weight is 231 g/mol. The molecule has 0 rings (SSSR count). The lowest BCUT2D eigenvalue weighted by molar-refractivity contribution is -0.854. The van der Waals surface area contributed by atoms with Crippen LogP contribution in [-0.4, -0.2) is 49.7 Å². The number of amides is 1. The minimum absolute atomic E-state index is 0.204. The fourth-order valence-electron chi connectivity index (χ4n) is 1.99. The van der Waals surface area contributed by atoms with Crippen LogP contribution in [0.1, 0.15) is 26.2 Å². The van der Waals surface area contributed by atoms with Crippen molar-refractivity contribution in [3.05, 3.63) is 0 Å². The van der Waals surface area contributed by atoms with Crippen molar-refractivity contribution < 1.29 is 9.28 Å². The summed E-state index contributed by atoms with van der Waals surface area (Å²) in [5.41, 5.74) is 16.6. The summed E-state index contributed by atoms with van der Waals surface area (Å²) in [5, 5.41) is 0. The molecule has 16 heavy (non-hydrogen) atoms. The van der Waals surface area contributed by atoms with Crippen molar-refractivity contribution in [1.82, 2.24) is 0 Å². The van der Waals surface area contributed by atoms with Gasteiger partial charge in [0.2, 0.25) is 0 Å². The highest BCUT2D eigenvalue weighted by Gasteiger charge is 2.31. The van der Waals surface area contributed by atoms with Gasteiger partial charge in [-0.2, -0.15) is 0 Å². The Morgan fingerprint density at radius 3 is 1.38 bits per heavy atom. The Morgan fingerprint density at radius 2 is 1.19 bits per heavy atom. The smallest absolute Gasteiger partial charge is 0.310 e. The highest BCUT2D eigenvalue weighted by Crippen LogP contribution is 2.12. The fraction of sp³-hybridized carbons (Fsp3) is 0.909. The number of carbonyl (C=O) groups excluding carboxylic acids is 1. The van der Waals surface area contributed by atoms with Crippen LogP contribution in [-0.2, 0) is 4.79 Å². The molecule has 0 saturated carbocycles. The van der Waals surface area contributed by atoms with Gasteiger partial charge in [0.15, 0.2) is 0 Å². The van der Waals surface area contributed by atoms with E-state index in [1.807, 2.05) is 0 Å². The first-order chi connectivity index (χ1) is 7.63. The summed E-state index contributed by atoms with van der Waals surface area (Å²) < 4.78 is 0.492.